The summed E-state index contributed by atoms with van der Waals surface area (Å²) in [4.78, 5) is 15.7. The molecular formula is C14H23N3O. The van der Waals surface area contributed by atoms with E-state index in [-0.39, 0.29) is 18.0 Å². The Balaban J connectivity index is 2.30. The fourth-order valence-electron chi connectivity index (χ4n) is 1.83. The summed E-state index contributed by atoms with van der Waals surface area (Å²) in [5.41, 5.74) is 1.09. The third kappa shape index (κ3) is 5.27. The van der Waals surface area contributed by atoms with Crippen LogP contribution >= 0.6 is 0 Å². The van der Waals surface area contributed by atoms with Crippen LogP contribution in [0.2, 0.25) is 0 Å². The number of carbonyl (C=O) groups excluding carboxylic acids is 1. The average Bonchev–Trinajstić information content (AvgIpc) is 2.37. The van der Waals surface area contributed by atoms with Crippen LogP contribution in [0.3, 0.4) is 0 Å². The summed E-state index contributed by atoms with van der Waals surface area (Å²) in [6.07, 6.45) is 5.66. The van der Waals surface area contributed by atoms with Crippen molar-refractivity contribution < 1.29 is 4.79 Å². The lowest BCUT2D eigenvalue weighted by molar-refractivity contribution is -0.121. The highest BCUT2D eigenvalue weighted by atomic mass is 16.1. The van der Waals surface area contributed by atoms with Gasteiger partial charge in [-0.05, 0) is 31.9 Å². The second-order valence-electron chi connectivity index (χ2n) is 4.65. The third-order valence-electron chi connectivity index (χ3n) is 2.88. The molecule has 1 aromatic heterocycles. The highest BCUT2D eigenvalue weighted by Gasteiger charge is 2.09. The van der Waals surface area contributed by atoms with Gasteiger partial charge in [0.1, 0.15) is 0 Å². The van der Waals surface area contributed by atoms with Gasteiger partial charge in [-0.15, -0.1) is 0 Å². The summed E-state index contributed by atoms with van der Waals surface area (Å²) >= 11 is 0. The average molecular weight is 249 g/mol. The summed E-state index contributed by atoms with van der Waals surface area (Å²) in [6, 6.07) is 4.28. The molecule has 1 rings (SSSR count). The zero-order chi connectivity index (χ0) is 13.4. The van der Waals surface area contributed by atoms with Gasteiger partial charge in [-0.25, -0.2) is 0 Å². The number of rotatable bonds is 7. The van der Waals surface area contributed by atoms with Gasteiger partial charge in [0.25, 0.3) is 0 Å². The highest BCUT2D eigenvalue weighted by Crippen LogP contribution is 2.08. The Bertz CT molecular complexity index is 353. The van der Waals surface area contributed by atoms with Gasteiger partial charge >= 0.3 is 0 Å². The third-order valence-corrected chi connectivity index (χ3v) is 2.88. The molecule has 18 heavy (non-hydrogen) atoms. The molecule has 0 spiro atoms. The van der Waals surface area contributed by atoms with Crippen molar-refractivity contribution in [3.63, 3.8) is 0 Å². The van der Waals surface area contributed by atoms with Crippen molar-refractivity contribution in [1.29, 1.82) is 0 Å². The lowest BCUT2D eigenvalue weighted by Crippen LogP contribution is -2.39. The van der Waals surface area contributed by atoms with E-state index in [1.54, 1.807) is 6.20 Å². The lowest BCUT2D eigenvalue weighted by atomic mass is 10.1. The summed E-state index contributed by atoms with van der Waals surface area (Å²) in [5, 5.41) is 6.16. The van der Waals surface area contributed by atoms with Gasteiger partial charge in [-0.1, -0.05) is 19.4 Å². The maximum absolute atomic E-state index is 11.7. The van der Waals surface area contributed by atoms with E-state index in [1.165, 1.54) is 0 Å². The van der Waals surface area contributed by atoms with Crippen molar-refractivity contribution in [2.45, 2.75) is 45.7 Å². The first kappa shape index (κ1) is 14.6. The van der Waals surface area contributed by atoms with Crippen molar-refractivity contribution >= 4 is 5.91 Å². The Kier molecular flexibility index (Phi) is 6.36. The molecule has 0 aliphatic heterocycles. The lowest BCUT2D eigenvalue weighted by Gasteiger charge is -2.16. The maximum atomic E-state index is 11.7. The molecule has 2 atom stereocenters. The number of carbonyl (C=O) groups is 1. The first-order valence-electron chi connectivity index (χ1n) is 6.56. The quantitative estimate of drug-likeness (QED) is 0.777. The normalized spacial score (nSPS) is 13.9. The van der Waals surface area contributed by atoms with Crippen molar-refractivity contribution in [2.24, 2.45) is 0 Å². The van der Waals surface area contributed by atoms with Crippen LogP contribution in [0.1, 0.15) is 45.2 Å². The van der Waals surface area contributed by atoms with Gasteiger partial charge in [0, 0.05) is 24.5 Å². The zero-order valence-corrected chi connectivity index (χ0v) is 11.4. The standard InChI is InChI=1S/C14H23N3O/c1-4-6-11(2)17-14(18)10-16-12(3)13-7-5-8-15-9-13/h5,7-9,11-12,16H,4,6,10H2,1-3H3,(H,17,18)/t11?,12-/m1/s1. The zero-order valence-electron chi connectivity index (χ0n) is 11.4. The Morgan fingerprint density at radius 3 is 2.83 bits per heavy atom. The van der Waals surface area contributed by atoms with Gasteiger partial charge in [0.15, 0.2) is 0 Å². The van der Waals surface area contributed by atoms with Crippen molar-refractivity contribution in [3.8, 4) is 0 Å². The fraction of sp³-hybridized carbons (Fsp3) is 0.571. The molecule has 0 aliphatic carbocycles. The molecule has 0 aliphatic rings. The Morgan fingerprint density at radius 1 is 1.44 bits per heavy atom. The van der Waals surface area contributed by atoms with Gasteiger partial charge in [0.05, 0.1) is 6.54 Å². The van der Waals surface area contributed by atoms with Crippen LogP contribution in [0.5, 0.6) is 0 Å². The minimum atomic E-state index is 0.0479. The second-order valence-corrected chi connectivity index (χ2v) is 4.65. The summed E-state index contributed by atoms with van der Waals surface area (Å²) in [7, 11) is 0. The van der Waals surface area contributed by atoms with E-state index < -0.39 is 0 Å². The number of amides is 1. The van der Waals surface area contributed by atoms with Crippen molar-refractivity contribution in [2.75, 3.05) is 6.54 Å². The number of nitrogens with zero attached hydrogens (tertiary/aromatic N) is 1. The van der Waals surface area contributed by atoms with E-state index in [2.05, 4.69) is 22.5 Å². The molecule has 0 bridgehead atoms. The molecule has 4 nitrogen and oxygen atoms in total. The van der Waals surface area contributed by atoms with Gasteiger partial charge in [-0.2, -0.15) is 0 Å². The summed E-state index contributed by atoms with van der Waals surface area (Å²) < 4.78 is 0. The van der Waals surface area contributed by atoms with Gasteiger partial charge in [0.2, 0.25) is 5.91 Å². The minimum absolute atomic E-state index is 0.0479. The highest BCUT2D eigenvalue weighted by molar-refractivity contribution is 5.78. The second kappa shape index (κ2) is 7.82. The van der Waals surface area contributed by atoms with Gasteiger partial charge < -0.3 is 10.6 Å². The first-order valence-corrected chi connectivity index (χ1v) is 6.56. The monoisotopic (exact) mass is 249 g/mol. The Labute approximate surface area is 109 Å². The van der Waals surface area contributed by atoms with E-state index in [0.717, 1.165) is 18.4 Å². The molecule has 1 aromatic rings. The van der Waals surface area contributed by atoms with E-state index in [4.69, 9.17) is 0 Å². The fourth-order valence-corrected chi connectivity index (χ4v) is 1.83. The van der Waals surface area contributed by atoms with E-state index in [9.17, 15) is 4.79 Å². The van der Waals surface area contributed by atoms with E-state index in [0.29, 0.717) is 6.54 Å². The van der Waals surface area contributed by atoms with E-state index in [1.807, 2.05) is 32.2 Å². The Morgan fingerprint density at radius 2 is 2.22 bits per heavy atom. The van der Waals surface area contributed by atoms with Crippen molar-refractivity contribution in [1.82, 2.24) is 15.6 Å². The number of hydrogen-bond donors (Lipinski definition) is 2. The predicted molar refractivity (Wildman–Crippen MR) is 73.2 cm³/mol. The minimum Gasteiger partial charge on any atom is -0.353 e. The SMILES string of the molecule is CCCC(C)NC(=O)CN[C@H](C)c1cccnc1. The molecule has 1 heterocycles. The van der Waals surface area contributed by atoms with Crippen LogP contribution in [-0.2, 0) is 4.79 Å². The molecule has 1 amide bonds. The summed E-state index contributed by atoms with van der Waals surface area (Å²) in [6.45, 7) is 6.52. The summed E-state index contributed by atoms with van der Waals surface area (Å²) in [5.74, 6) is 0.0479. The van der Waals surface area contributed by atoms with Crippen LogP contribution in [0.4, 0.5) is 0 Å². The topological polar surface area (TPSA) is 54.0 Å². The molecule has 0 radical (unpaired) electrons. The van der Waals surface area contributed by atoms with E-state index >= 15 is 0 Å². The van der Waals surface area contributed by atoms with Gasteiger partial charge in [-0.3, -0.25) is 9.78 Å². The molecule has 0 aromatic carbocycles. The smallest absolute Gasteiger partial charge is 0.234 e. The van der Waals surface area contributed by atoms with Crippen LogP contribution in [-0.4, -0.2) is 23.5 Å². The number of hydrogen-bond acceptors (Lipinski definition) is 3. The molecule has 1 unspecified atom stereocenters. The van der Waals surface area contributed by atoms with Crippen molar-refractivity contribution in [3.05, 3.63) is 30.1 Å². The molecule has 0 saturated carbocycles. The molecule has 4 heteroatoms. The molecular weight excluding hydrogens is 226 g/mol. The Hall–Kier alpha value is -1.42. The van der Waals surface area contributed by atoms with Crippen LogP contribution in [0.15, 0.2) is 24.5 Å². The maximum Gasteiger partial charge on any atom is 0.234 e. The van der Waals surface area contributed by atoms with Crippen LogP contribution in [0, 0.1) is 0 Å². The van der Waals surface area contributed by atoms with Crippen LogP contribution in [0.25, 0.3) is 0 Å². The molecule has 2 N–H and O–H groups in total. The predicted octanol–water partition coefficient (Wildman–Crippen LogP) is 2.04. The number of aromatic nitrogens is 1. The number of nitrogens with one attached hydrogen (secondary N) is 2. The molecule has 100 valence electrons. The largest absolute Gasteiger partial charge is 0.353 e. The number of pyridine rings is 1. The first-order chi connectivity index (χ1) is 8.63. The molecule has 0 fully saturated rings. The van der Waals surface area contributed by atoms with Crippen LogP contribution < -0.4 is 10.6 Å². The molecule has 0 saturated heterocycles.